The molecular weight excluding hydrogens is 384 g/mol. The van der Waals surface area contributed by atoms with Crippen LogP contribution >= 0.6 is 0 Å². The summed E-state index contributed by atoms with van der Waals surface area (Å²) < 4.78 is 7.80. The molecule has 0 bridgehead atoms. The third kappa shape index (κ3) is 4.42. The van der Waals surface area contributed by atoms with Gasteiger partial charge in [-0.1, -0.05) is 30.3 Å². The van der Waals surface area contributed by atoms with E-state index in [-0.39, 0.29) is 0 Å². The Morgan fingerprint density at radius 2 is 1.65 bits per heavy atom. The lowest BCUT2D eigenvalue weighted by Crippen LogP contribution is -2.17. The number of benzene rings is 2. The molecule has 0 atom stereocenters. The Bertz CT molecular complexity index is 1120. The van der Waals surface area contributed by atoms with E-state index in [1.54, 1.807) is 0 Å². The maximum atomic E-state index is 5.88. The molecule has 5 nitrogen and oxygen atoms in total. The van der Waals surface area contributed by atoms with E-state index in [1.807, 2.05) is 41.9 Å². The van der Waals surface area contributed by atoms with Crippen molar-refractivity contribution in [3.05, 3.63) is 89.8 Å². The van der Waals surface area contributed by atoms with Crippen LogP contribution < -0.4 is 10.2 Å². The van der Waals surface area contributed by atoms with Crippen molar-refractivity contribution in [2.45, 2.75) is 32.9 Å². The Hall–Kier alpha value is -3.31. The van der Waals surface area contributed by atoms with Gasteiger partial charge in [0.25, 0.3) is 0 Å². The second kappa shape index (κ2) is 8.82. The van der Waals surface area contributed by atoms with Gasteiger partial charge < -0.3 is 14.6 Å². The fraction of sp³-hybridized carbons (Fsp3) is 0.269. The molecule has 0 unspecified atom stereocenters. The molecule has 1 fully saturated rings. The van der Waals surface area contributed by atoms with E-state index < -0.39 is 0 Å². The summed E-state index contributed by atoms with van der Waals surface area (Å²) in [6.45, 7) is 5.85. The third-order valence-electron chi connectivity index (χ3n) is 5.84. The zero-order valence-corrected chi connectivity index (χ0v) is 17.9. The maximum Gasteiger partial charge on any atom is 0.154 e. The SMILES string of the molecule is Cc1ccc(-c2nn(-c3ccccc3)cc2CNCc2ccc(N3CCCC3)cc2)o1. The lowest BCUT2D eigenvalue weighted by atomic mass is 10.1. The molecule has 0 spiro atoms. The Labute approximate surface area is 183 Å². The van der Waals surface area contributed by atoms with Gasteiger partial charge in [0.1, 0.15) is 11.5 Å². The number of anilines is 1. The summed E-state index contributed by atoms with van der Waals surface area (Å²) >= 11 is 0. The highest BCUT2D eigenvalue weighted by atomic mass is 16.3. The summed E-state index contributed by atoms with van der Waals surface area (Å²) in [5.74, 6) is 1.69. The van der Waals surface area contributed by atoms with Crippen molar-refractivity contribution in [2.75, 3.05) is 18.0 Å². The Kier molecular flexibility index (Phi) is 5.59. The largest absolute Gasteiger partial charge is 0.460 e. The fourth-order valence-corrected chi connectivity index (χ4v) is 4.16. The quantitative estimate of drug-likeness (QED) is 0.446. The number of hydrogen-bond donors (Lipinski definition) is 1. The van der Waals surface area contributed by atoms with Crippen molar-refractivity contribution in [2.24, 2.45) is 0 Å². The first-order chi connectivity index (χ1) is 15.3. The van der Waals surface area contributed by atoms with Crippen LogP contribution in [0.2, 0.25) is 0 Å². The number of rotatable bonds is 7. The molecule has 0 aliphatic carbocycles. The molecule has 0 radical (unpaired) electrons. The molecule has 1 aliphatic rings. The lowest BCUT2D eigenvalue weighted by Gasteiger charge is -2.17. The first-order valence-corrected chi connectivity index (χ1v) is 11.0. The van der Waals surface area contributed by atoms with Crippen LogP contribution in [0.4, 0.5) is 5.69 Å². The van der Waals surface area contributed by atoms with E-state index in [0.29, 0.717) is 0 Å². The minimum atomic E-state index is 0.718. The standard InChI is InChI=1S/C26H28N4O/c1-20-9-14-25(31-20)26-22(19-30(28-26)24-7-3-2-4-8-24)18-27-17-21-10-12-23(13-11-21)29-15-5-6-16-29/h2-4,7-14,19,27H,5-6,15-18H2,1H3. The van der Waals surface area contributed by atoms with Crippen molar-refractivity contribution in [1.82, 2.24) is 15.1 Å². The molecule has 1 saturated heterocycles. The van der Waals surface area contributed by atoms with Crippen LogP contribution in [0.15, 0.2) is 77.3 Å². The van der Waals surface area contributed by atoms with Gasteiger partial charge in [0.05, 0.1) is 5.69 Å². The normalized spacial score (nSPS) is 13.8. The molecule has 2 aromatic heterocycles. The predicted molar refractivity (Wildman–Crippen MR) is 124 cm³/mol. The van der Waals surface area contributed by atoms with Gasteiger partial charge in [-0.2, -0.15) is 5.10 Å². The van der Waals surface area contributed by atoms with Gasteiger partial charge in [0.2, 0.25) is 0 Å². The molecule has 4 aromatic rings. The first-order valence-electron chi connectivity index (χ1n) is 11.0. The Balaban J connectivity index is 1.30. The number of nitrogens with zero attached hydrogens (tertiary/aromatic N) is 3. The average Bonchev–Trinajstić information content (AvgIpc) is 3.56. The van der Waals surface area contributed by atoms with E-state index in [9.17, 15) is 0 Å². The van der Waals surface area contributed by atoms with Crippen LogP contribution in [0.25, 0.3) is 17.1 Å². The van der Waals surface area contributed by atoms with Gasteiger partial charge in [-0.25, -0.2) is 4.68 Å². The van der Waals surface area contributed by atoms with Gasteiger partial charge in [0, 0.05) is 43.6 Å². The van der Waals surface area contributed by atoms with Gasteiger partial charge in [-0.15, -0.1) is 0 Å². The smallest absolute Gasteiger partial charge is 0.154 e. The van der Waals surface area contributed by atoms with Gasteiger partial charge in [-0.05, 0) is 61.7 Å². The first kappa shape index (κ1) is 19.6. The number of aryl methyl sites for hydroxylation is 1. The lowest BCUT2D eigenvalue weighted by molar-refractivity contribution is 0.544. The Morgan fingerprint density at radius 1 is 0.871 bits per heavy atom. The molecule has 158 valence electrons. The monoisotopic (exact) mass is 412 g/mol. The number of nitrogens with one attached hydrogen (secondary N) is 1. The van der Waals surface area contributed by atoms with E-state index >= 15 is 0 Å². The molecule has 31 heavy (non-hydrogen) atoms. The average molecular weight is 413 g/mol. The molecule has 0 amide bonds. The summed E-state index contributed by atoms with van der Waals surface area (Å²) in [5.41, 5.74) is 5.66. The molecule has 0 saturated carbocycles. The third-order valence-corrected chi connectivity index (χ3v) is 5.84. The van der Waals surface area contributed by atoms with Crippen LogP contribution in [0.3, 0.4) is 0 Å². The second-order valence-electron chi connectivity index (χ2n) is 8.16. The minimum Gasteiger partial charge on any atom is -0.460 e. The van der Waals surface area contributed by atoms with E-state index in [2.05, 4.69) is 52.8 Å². The van der Waals surface area contributed by atoms with E-state index in [4.69, 9.17) is 9.52 Å². The van der Waals surface area contributed by atoms with Crippen molar-refractivity contribution in [3.63, 3.8) is 0 Å². The second-order valence-corrected chi connectivity index (χ2v) is 8.16. The molecule has 5 rings (SSSR count). The topological polar surface area (TPSA) is 46.2 Å². The van der Waals surface area contributed by atoms with Crippen LogP contribution in [0.5, 0.6) is 0 Å². The molecule has 3 heterocycles. The fourth-order valence-electron chi connectivity index (χ4n) is 4.16. The molecule has 5 heteroatoms. The highest BCUT2D eigenvalue weighted by Gasteiger charge is 2.15. The summed E-state index contributed by atoms with van der Waals surface area (Å²) in [5, 5.41) is 8.40. The van der Waals surface area contributed by atoms with Crippen molar-refractivity contribution < 1.29 is 4.42 Å². The summed E-state index contributed by atoms with van der Waals surface area (Å²) in [7, 11) is 0. The molecular formula is C26H28N4O. The highest BCUT2D eigenvalue weighted by molar-refractivity contribution is 5.58. The number of para-hydroxylation sites is 1. The summed E-state index contributed by atoms with van der Waals surface area (Å²) in [4.78, 5) is 2.47. The highest BCUT2D eigenvalue weighted by Crippen LogP contribution is 2.26. The van der Waals surface area contributed by atoms with E-state index in [1.165, 1.54) is 37.2 Å². The Morgan fingerprint density at radius 3 is 2.35 bits per heavy atom. The van der Waals surface area contributed by atoms with Gasteiger partial charge in [-0.3, -0.25) is 0 Å². The zero-order valence-electron chi connectivity index (χ0n) is 17.9. The summed E-state index contributed by atoms with van der Waals surface area (Å²) in [6.07, 6.45) is 4.70. The maximum absolute atomic E-state index is 5.88. The minimum absolute atomic E-state index is 0.718. The molecule has 2 aromatic carbocycles. The van der Waals surface area contributed by atoms with Crippen LogP contribution in [-0.2, 0) is 13.1 Å². The van der Waals surface area contributed by atoms with Crippen molar-refractivity contribution in [3.8, 4) is 17.1 Å². The summed E-state index contributed by atoms with van der Waals surface area (Å²) in [6, 6.07) is 23.1. The molecule has 1 aliphatic heterocycles. The number of hydrogen-bond acceptors (Lipinski definition) is 4. The van der Waals surface area contributed by atoms with Crippen LogP contribution in [-0.4, -0.2) is 22.9 Å². The van der Waals surface area contributed by atoms with E-state index in [0.717, 1.165) is 41.6 Å². The number of aromatic nitrogens is 2. The van der Waals surface area contributed by atoms with Crippen molar-refractivity contribution in [1.29, 1.82) is 0 Å². The molecule has 1 N–H and O–H groups in total. The van der Waals surface area contributed by atoms with Crippen molar-refractivity contribution >= 4 is 5.69 Å². The van der Waals surface area contributed by atoms with Gasteiger partial charge >= 0.3 is 0 Å². The van der Waals surface area contributed by atoms with Crippen LogP contribution in [0.1, 0.15) is 29.7 Å². The van der Waals surface area contributed by atoms with Crippen LogP contribution in [0, 0.1) is 6.92 Å². The number of furan rings is 1. The zero-order chi connectivity index (χ0) is 21.0. The van der Waals surface area contributed by atoms with Gasteiger partial charge in [0.15, 0.2) is 5.76 Å². The predicted octanol–water partition coefficient (Wildman–Crippen LogP) is 5.33.